The van der Waals surface area contributed by atoms with Crippen LogP contribution in [0.4, 0.5) is 13.2 Å². The molecular weight excluding hydrogens is 224 g/mol. The maximum Gasteiger partial charge on any atom is 0.388 e. The van der Waals surface area contributed by atoms with Crippen molar-refractivity contribution in [1.29, 1.82) is 0 Å². The topological polar surface area (TPSA) is 40.5 Å². The van der Waals surface area contributed by atoms with Crippen molar-refractivity contribution in [1.82, 2.24) is 0 Å². The van der Waals surface area contributed by atoms with Crippen molar-refractivity contribution in [2.45, 2.75) is 19.5 Å². The van der Waals surface area contributed by atoms with Crippen LogP contribution < -0.4 is 0 Å². The summed E-state index contributed by atoms with van der Waals surface area (Å²) in [5, 5.41) is 0. The van der Waals surface area contributed by atoms with E-state index in [-0.39, 0.29) is 0 Å². The Hall–Kier alpha value is 0.650. The van der Waals surface area contributed by atoms with E-state index in [0.717, 1.165) is 6.92 Å². The molecule has 0 atom stereocenters. The average Bonchev–Trinajstić information content (AvgIpc) is 1.59. The largest absolute Gasteiger partial charge is 0.388 e. The quantitative estimate of drug-likeness (QED) is 0.628. The average molecular weight is 231 g/mol. The van der Waals surface area contributed by atoms with Gasteiger partial charge in [0.1, 0.15) is 0 Å². The van der Waals surface area contributed by atoms with Crippen LogP contribution >= 0.6 is 17.1 Å². The van der Waals surface area contributed by atoms with Crippen LogP contribution in [0.15, 0.2) is 0 Å². The molecule has 2 N–H and O–H groups in total. The lowest BCUT2D eigenvalue weighted by Gasteiger charge is -1.96. The van der Waals surface area contributed by atoms with Crippen LogP contribution in [0.2, 0.25) is 0 Å². The zero-order chi connectivity index (χ0) is 9.71. The molecule has 0 amide bonds. The van der Waals surface area contributed by atoms with Gasteiger partial charge in [0, 0.05) is 6.42 Å². The van der Waals surface area contributed by atoms with Crippen molar-refractivity contribution >= 4 is 28.9 Å². The number of hydrogen-bond donors (Lipinski definition) is 2. The Labute approximate surface area is 71.9 Å². The van der Waals surface area contributed by atoms with Crippen LogP contribution in [-0.4, -0.2) is 16.0 Å². The SMILES string of the molecule is CCC(F)(F)F.OP(O)(=S)Cl. The second-order valence-electron chi connectivity index (χ2n) is 1.44. The highest BCUT2D eigenvalue weighted by atomic mass is 35.7. The summed E-state index contributed by atoms with van der Waals surface area (Å²) in [4.78, 5) is 15.5. The smallest absolute Gasteiger partial charge is 0.334 e. The summed E-state index contributed by atoms with van der Waals surface area (Å²) < 4.78 is 32.4. The normalized spacial score (nSPS) is 11.9. The number of halogens is 4. The van der Waals surface area contributed by atoms with Crippen LogP contribution in [-0.2, 0) is 11.8 Å². The van der Waals surface area contributed by atoms with E-state index in [1.807, 2.05) is 0 Å². The van der Waals surface area contributed by atoms with Gasteiger partial charge in [-0.15, -0.1) is 0 Å². The molecule has 2 nitrogen and oxygen atoms in total. The van der Waals surface area contributed by atoms with Gasteiger partial charge in [0.25, 0.3) is 5.84 Å². The van der Waals surface area contributed by atoms with Gasteiger partial charge in [-0.25, -0.2) is 0 Å². The van der Waals surface area contributed by atoms with Gasteiger partial charge in [0.05, 0.1) is 0 Å². The van der Waals surface area contributed by atoms with E-state index >= 15 is 0 Å². The van der Waals surface area contributed by atoms with Crippen molar-refractivity contribution in [3.05, 3.63) is 0 Å². The molecule has 0 aromatic heterocycles. The summed E-state index contributed by atoms with van der Waals surface area (Å²) in [6.07, 6.45) is -4.69. The molecule has 0 fully saturated rings. The third kappa shape index (κ3) is 59.8. The first kappa shape index (κ1) is 14.2. The van der Waals surface area contributed by atoms with Gasteiger partial charge in [-0.05, 0) is 23.0 Å². The Morgan fingerprint density at radius 2 is 1.55 bits per heavy atom. The van der Waals surface area contributed by atoms with Crippen LogP contribution in [0, 0.1) is 0 Å². The van der Waals surface area contributed by atoms with E-state index < -0.39 is 18.4 Å². The fourth-order valence-corrected chi connectivity index (χ4v) is 0. The summed E-state index contributed by atoms with van der Waals surface area (Å²) in [6.45, 7) is 1.08. The number of hydrogen-bond acceptors (Lipinski definition) is 1. The van der Waals surface area contributed by atoms with Gasteiger partial charge in [-0.1, -0.05) is 6.92 Å². The Kier molecular flexibility index (Phi) is 6.87. The minimum absolute atomic E-state index is 0.729. The highest BCUT2D eigenvalue weighted by molar-refractivity contribution is 8.21. The van der Waals surface area contributed by atoms with Crippen molar-refractivity contribution in [3.63, 3.8) is 0 Å². The first-order valence-corrected chi connectivity index (χ1v) is 5.99. The zero-order valence-electron chi connectivity index (χ0n) is 5.47. The van der Waals surface area contributed by atoms with E-state index in [4.69, 9.17) is 9.79 Å². The molecule has 0 bridgehead atoms. The standard InChI is InChI=1S/C3H5F3.ClH2O2PS/c1-2-3(4,5)6;1-4(2,3)5/h2H2,1H3;(H2,2,3,5). The molecule has 11 heavy (non-hydrogen) atoms. The molecule has 0 unspecified atom stereocenters. The van der Waals surface area contributed by atoms with Gasteiger partial charge in [-0.3, -0.25) is 0 Å². The Balaban J connectivity index is 0. The van der Waals surface area contributed by atoms with E-state index in [0.29, 0.717) is 0 Å². The molecule has 0 spiro atoms. The van der Waals surface area contributed by atoms with Crippen LogP contribution in [0.1, 0.15) is 13.3 Å². The molecule has 0 radical (unpaired) electrons. The summed E-state index contributed by atoms with van der Waals surface area (Å²) in [7, 11) is 0. The van der Waals surface area contributed by atoms with E-state index in [1.165, 1.54) is 0 Å². The van der Waals surface area contributed by atoms with Gasteiger partial charge in [0.15, 0.2) is 0 Å². The van der Waals surface area contributed by atoms with Crippen molar-refractivity contribution in [3.8, 4) is 0 Å². The second kappa shape index (κ2) is 5.32. The molecule has 0 rings (SSSR count). The third-order valence-electron chi connectivity index (χ3n) is 0.401. The predicted octanol–water partition coefficient (Wildman–Crippen LogP) is 2.39. The van der Waals surface area contributed by atoms with Gasteiger partial charge in [0.2, 0.25) is 0 Å². The first-order valence-electron chi connectivity index (χ1n) is 2.38. The van der Waals surface area contributed by atoms with Crippen LogP contribution in [0.25, 0.3) is 0 Å². The maximum absolute atomic E-state index is 10.8. The molecule has 0 aliphatic rings. The predicted molar refractivity (Wildman–Crippen MR) is 40.9 cm³/mol. The lowest BCUT2D eigenvalue weighted by atomic mass is 10.5. The molecule has 0 aromatic carbocycles. The third-order valence-corrected chi connectivity index (χ3v) is 0.401. The summed E-state index contributed by atoms with van der Waals surface area (Å²) in [6, 6.07) is 0. The minimum Gasteiger partial charge on any atom is -0.334 e. The van der Waals surface area contributed by atoms with E-state index in [2.05, 4.69) is 23.0 Å². The summed E-state index contributed by atoms with van der Waals surface area (Å²) in [5.41, 5.74) is 0. The number of alkyl halides is 3. The van der Waals surface area contributed by atoms with Crippen LogP contribution in [0.5, 0.6) is 0 Å². The van der Waals surface area contributed by atoms with Crippen LogP contribution in [0.3, 0.4) is 0 Å². The minimum atomic E-state index is -3.96. The summed E-state index contributed by atoms with van der Waals surface area (Å²) in [5.74, 6) is -3.33. The molecule has 0 heterocycles. The lowest BCUT2D eigenvalue weighted by Crippen LogP contribution is -2.02. The Morgan fingerprint density at radius 1 is 1.45 bits per heavy atom. The zero-order valence-corrected chi connectivity index (χ0v) is 7.94. The molecule has 70 valence electrons. The molecule has 8 heteroatoms. The van der Waals surface area contributed by atoms with Gasteiger partial charge >= 0.3 is 6.18 Å². The van der Waals surface area contributed by atoms with Crippen molar-refractivity contribution < 1.29 is 23.0 Å². The second-order valence-corrected chi connectivity index (χ2v) is 5.93. The molecular formula is C3H7ClF3O2PS. The van der Waals surface area contributed by atoms with Crippen molar-refractivity contribution in [2.24, 2.45) is 0 Å². The number of rotatable bonds is 0. The lowest BCUT2D eigenvalue weighted by molar-refractivity contribution is -0.130. The molecule has 0 saturated carbocycles. The Morgan fingerprint density at radius 3 is 1.55 bits per heavy atom. The highest BCUT2D eigenvalue weighted by Crippen LogP contribution is 2.40. The highest BCUT2D eigenvalue weighted by Gasteiger charge is 2.22. The van der Waals surface area contributed by atoms with Crippen molar-refractivity contribution in [2.75, 3.05) is 0 Å². The first-order chi connectivity index (χ1) is 4.56. The molecule has 0 aliphatic carbocycles. The van der Waals surface area contributed by atoms with Gasteiger partial charge in [-0.2, -0.15) is 13.2 Å². The fourth-order valence-electron chi connectivity index (χ4n) is 0. The fraction of sp³-hybridized carbons (Fsp3) is 1.00. The van der Waals surface area contributed by atoms with E-state index in [1.54, 1.807) is 0 Å². The Bertz CT molecular complexity index is 136. The maximum atomic E-state index is 10.8. The summed E-state index contributed by atoms with van der Waals surface area (Å²) >= 11 is 8.38. The molecule has 0 aliphatic heterocycles. The van der Waals surface area contributed by atoms with E-state index in [9.17, 15) is 13.2 Å². The monoisotopic (exact) mass is 230 g/mol. The molecule has 0 saturated heterocycles. The van der Waals surface area contributed by atoms with Gasteiger partial charge < -0.3 is 9.79 Å². The molecule has 0 aromatic rings.